The Hall–Kier alpha value is -0.340. The summed E-state index contributed by atoms with van der Waals surface area (Å²) in [6, 6.07) is 5.18. The van der Waals surface area contributed by atoms with E-state index in [1.807, 2.05) is 11.3 Å². The van der Waals surface area contributed by atoms with Crippen molar-refractivity contribution in [3.63, 3.8) is 0 Å². The van der Waals surface area contributed by atoms with Crippen LogP contribution in [0.4, 0.5) is 0 Å². The second-order valence-corrected chi connectivity index (χ2v) is 6.30. The van der Waals surface area contributed by atoms with Gasteiger partial charge < -0.3 is 5.32 Å². The van der Waals surface area contributed by atoms with Gasteiger partial charge in [-0.15, -0.1) is 11.3 Å². The zero-order chi connectivity index (χ0) is 11.9. The number of nitrogens with one attached hydrogen (secondary N) is 1. The molecule has 1 fully saturated rings. The molecule has 0 amide bonds. The lowest BCUT2D eigenvalue weighted by Crippen LogP contribution is -2.30. The summed E-state index contributed by atoms with van der Waals surface area (Å²) >= 11 is 1.88. The SMILES string of the molecule is CCC1CCCC(NCCc2cccs2)CC1. The lowest BCUT2D eigenvalue weighted by atomic mass is 9.98. The van der Waals surface area contributed by atoms with E-state index in [0.29, 0.717) is 0 Å². The summed E-state index contributed by atoms with van der Waals surface area (Å²) in [5.41, 5.74) is 0. The Labute approximate surface area is 110 Å². The summed E-state index contributed by atoms with van der Waals surface area (Å²) in [5.74, 6) is 0.999. The maximum Gasteiger partial charge on any atom is 0.00673 e. The molecule has 0 aliphatic heterocycles. The highest BCUT2D eigenvalue weighted by molar-refractivity contribution is 7.09. The van der Waals surface area contributed by atoms with Gasteiger partial charge in [0.2, 0.25) is 0 Å². The van der Waals surface area contributed by atoms with Crippen molar-refractivity contribution in [3.8, 4) is 0 Å². The highest BCUT2D eigenvalue weighted by Gasteiger charge is 2.16. The van der Waals surface area contributed by atoms with E-state index in [0.717, 1.165) is 18.5 Å². The van der Waals surface area contributed by atoms with Crippen LogP contribution in [0.5, 0.6) is 0 Å². The van der Waals surface area contributed by atoms with Gasteiger partial charge in [-0.25, -0.2) is 0 Å². The monoisotopic (exact) mass is 251 g/mol. The average Bonchev–Trinajstić information content (AvgIpc) is 2.75. The van der Waals surface area contributed by atoms with E-state index in [2.05, 4.69) is 29.8 Å². The third-order valence-electron chi connectivity index (χ3n) is 4.05. The average molecular weight is 251 g/mol. The van der Waals surface area contributed by atoms with Crippen molar-refractivity contribution >= 4 is 11.3 Å². The predicted octanol–water partition coefficient (Wildman–Crippen LogP) is 4.24. The van der Waals surface area contributed by atoms with Crippen molar-refractivity contribution < 1.29 is 0 Å². The molecule has 0 spiro atoms. The van der Waals surface area contributed by atoms with E-state index in [1.54, 1.807) is 0 Å². The van der Waals surface area contributed by atoms with Gasteiger partial charge in [-0.05, 0) is 43.0 Å². The Kier molecular flexibility index (Phi) is 5.53. The Morgan fingerprint density at radius 2 is 2.24 bits per heavy atom. The fourth-order valence-corrected chi connectivity index (χ4v) is 3.55. The molecule has 1 nitrogen and oxygen atoms in total. The van der Waals surface area contributed by atoms with Gasteiger partial charge >= 0.3 is 0 Å². The van der Waals surface area contributed by atoms with Crippen LogP contribution in [0.25, 0.3) is 0 Å². The summed E-state index contributed by atoms with van der Waals surface area (Å²) < 4.78 is 0. The van der Waals surface area contributed by atoms with Crippen molar-refractivity contribution in [1.29, 1.82) is 0 Å². The summed E-state index contributed by atoms with van der Waals surface area (Å²) in [6.45, 7) is 3.50. The number of hydrogen-bond acceptors (Lipinski definition) is 2. The fourth-order valence-electron chi connectivity index (χ4n) is 2.85. The van der Waals surface area contributed by atoms with Crippen LogP contribution in [0.1, 0.15) is 50.3 Å². The first-order valence-corrected chi connectivity index (χ1v) is 8.02. The smallest absolute Gasteiger partial charge is 0.00673 e. The molecule has 1 aliphatic carbocycles. The van der Waals surface area contributed by atoms with Crippen molar-refractivity contribution in [2.24, 2.45) is 5.92 Å². The fraction of sp³-hybridized carbons (Fsp3) is 0.733. The minimum absolute atomic E-state index is 0.784. The second-order valence-electron chi connectivity index (χ2n) is 5.26. The van der Waals surface area contributed by atoms with Crippen LogP contribution in [0, 0.1) is 5.92 Å². The van der Waals surface area contributed by atoms with E-state index >= 15 is 0 Å². The summed E-state index contributed by atoms with van der Waals surface area (Å²) in [7, 11) is 0. The van der Waals surface area contributed by atoms with E-state index in [-0.39, 0.29) is 0 Å². The quantitative estimate of drug-likeness (QED) is 0.772. The Balaban J connectivity index is 1.65. The molecule has 2 rings (SSSR count). The molecule has 96 valence electrons. The van der Waals surface area contributed by atoms with Crippen LogP contribution < -0.4 is 5.32 Å². The molecule has 2 unspecified atom stereocenters. The van der Waals surface area contributed by atoms with Crippen LogP contribution in [0.15, 0.2) is 17.5 Å². The molecule has 1 N–H and O–H groups in total. The number of thiophene rings is 1. The molecule has 2 heteroatoms. The Bertz CT molecular complexity index is 294. The second kappa shape index (κ2) is 7.17. The van der Waals surface area contributed by atoms with Crippen LogP contribution in [-0.2, 0) is 6.42 Å². The van der Waals surface area contributed by atoms with Crippen LogP contribution in [0.2, 0.25) is 0 Å². The van der Waals surface area contributed by atoms with Gasteiger partial charge in [-0.1, -0.05) is 32.3 Å². The molecular weight excluding hydrogens is 226 g/mol. The van der Waals surface area contributed by atoms with Gasteiger partial charge in [0.25, 0.3) is 0 Å². The molecule has 0 aromatic carbocycles. The maximum atomic E-state index is 3.75. The highest BCUT2D eigenvalue weighted by Crippen LogP contribution is 2.25. The van der Waals surface area contributed by atoms with E-state index < -0.39 is 0 Å². The Morgan fingerprint density at radius 1 is 1.29 bits per heavy atom. The van der Waals surface area contributed by atoms with Crippen molar-refractivity contribution in [3.05, 3.63) is 22.4 Å². The van der Waals surface area contributed by atoms with Crippen molar-refractivity contribution in [1.82, 2.24) is 5.32 Å². The van der Waals surface area contributed by atoms with Gasteiger partial charge in [0.05, 0.1) is 0 Å². The van der Waals surface area contributed by atoms with E-state index in [9.17, 15) is 0 Å². The van der Waals surface area contributed by atoms with Gasteiger partial charge in [-0.3, -0.25) is 0 Å². The van der Waals surface area contributed by atoms with Crippen LogP contribution in [-0.4, -0.2) is 12.6 Å². The molecule has 1 aliphatic rings. The zero-order valence-electron chi connectivity index (χ0n) is 11.0. The topological polar surface area (TPSA) is 12.0 Å². The van der Waals surface area contributed by atoms with Crippen LogP contribution in [0.3, 0.4) is 0 Å². The number of rotatable bonds is 5. The highest BCUT2D eigenvalue weighted by atomic mass is 32.1. The molecular formula is C15H25NS. The van der Waals surface area contributed by atoms with Gasteiger partial charge in [-0.2, -0.15) is 0 Å². The van der Waals surface area contributed by atoms with Crippen molar-refractivity contribution in [2.75, 3.05) is 6.54 Å². The van der Waals surface area contributed by atoms with Gasteiger partial charge in [0.15, 0.2) is 0 Å². The summed E-state index contributed by atoms with van der Waals surface area (Å²) in [6.07, 6.45) is 9.68. The van der Waals surface area contributed by atoms with Gasteiger partial charge in [0.1, 0.15) is 0 Å². The maximum absolute atomic E-state index is 3.75. The first-order chi connectivity index (χ1) is 8.38. The minimum Gasteiger partial charge on any atom is -0.314 e. The lowest BCUT2D eigenvalue weighted by molar-refractivity contribution is 0.427. The Morgan fingerprint density at radius 3 is 3.00 bits per heavy atom. The summed E-state index contributed by atoms with van der Waals surface area (Å²) in [5, 5.41) is 5.92. The largest absolute Gasteiger partial charge is 0.314 e. The summed E-state index contributed by atoms with van der Waals surface area (Å²) in [4.78, 5) is 1.51. The third-order valence-corrected chi connectivity index (χ3v) is 4.99. The molecule has 1 saturated carbocycles. The molecule has 0 bridgehead atoms. The normalized spacial score (nSPS) is 25.7. The predicted molar refractivity (Wildman–Crippen MR) is 76.7 cm³/mol. The molecule has 1 heterocycles. The molecule has 1 aromatic rings. The minimum atomic E-state index is 0.784. The molecule has 0 radical (unpaired) electrons. The molecule has 17 heavy (non-hydrogen) atoms. The first-order valence-electron chi connectivity index (χ1n) is 7.14. The molecule has 1 aromatic heterocycles. The first kappa shape index (κ1) is 13.1. The van der Waals surface area contributed by atoms with Crippen LogP contribution >= 0.6 is 11.3 Å². The standard InChI is InChI=1S/C15H25NS/c1-2-13-5-3-6-14(9-8-13)16-11-10-15-7-4-12-17-15/h4,7,12-14,16H,2-3,5-6,8-11H2,1H3. The molecule has 0 saturated heterocycles. The van der Waals surface area contributed by atoms with E-state index in [4.69, 9.17) is 0 Å². The number of hydrogen-bond donors (Lipinski definition) is 1. The molecule has 2 atom stereocenters. The zero-order valence-corrected chi connectivity index (χ0v) is 11.8. The van der Waals surface area contributed by atoms with E-state index in [1.165, 1.54) is 49.8 Å². The van der Waals surface area contributed by atoms with Gasteiger partial charge in [0, 0.05) is 17.5 Å². The third kappa shape index (κ3) is 4.44. The lowest BCUT2D eigenvalue weighted by Gasteiger charge is -2.16. The van der Waals surface area contributed by atoms with Crippen molar-refractivity contribution in [2.45, 2.75) is 57.9 Å².